The molecular weight excluding hydrogens is 497 g/mol. The Morgan fingerprint density at radius 3 is 2.70 bits per heavy atom. The molecule has 1 aromatic carbocycles. The van der Waals surface area contributed by atoms with Crippen LogP contribution >= 0.6 is 54.5 Å². The third kappa shape index (κ3) is 3.45. The van der Waals surface area contributed by atoms with Crippen LogP contribution in [0.2, 0.25) is 0 Å². The molecule has 0 saturated carbocycles. The van der Waals surface area contributed by atoms with E-state index in [0.29, 0.717) is 0 Å². The molecule has 0 aliphatic rings. The molecule has 1 unspecified atom stereocenters. The summed E-state index contributed by atoms with van der Waals surface area (Å²) in [6, 6.07) is 6.16. The largest absolute Gasteiger partial charge is 0.324 e. The number of rotatable bonds is 4. The van der Waals surface area contributed by atoms with Crippen molar-refractivity contribution in [2.75, 3.05) is 0 Å². The first-order chi connectivity index (χ1) is 9.43. The van der Waals surface area contributed by atoms with Crippen molar-refractivity contribution in [1.82, 2.24) is 9.78 Å². The highest BCUT2D eigenvalue weighted by molar-refractivity contribution is 14.1. The number of nitrogens with zero attached hydrogens (tertiary/aromatic N) is 2. The van der Waals surface area contributed by atoms with Crippen molar-refractivity contribution in [3.8, 4) is 0 Å². The fourth-order valence-electron chi connectivity index (χ4n) is 2.16. The van der Waals surface area contributed by atoms with Gasteiger partial charge in [0.1, 0.15) is 0 Å². The average Bonchev–Trinajstić information content (AvgIpc) is 2.68. The van der Waals surface area contributed by atoms with Crippen LogP contribution in [0.4, 0.5) is 0 Å². The molecule has 108 valence electrons. The second-order valence-electron chi connectivity index (χ2n) is 4.66. The molecule has 1 atom stereocenters. The van der Waals surface area contributed by atoms with Gasteiger partial charge in [0, 0.05) is 27.6 Å². The van der Waals surface area contributed by atoms with Crippen molar-refractivity contribution < 1.29 is 0 Å². The Hall–Kier alpha value is 0.0800. The summed E-state index contributed by atoms with van der Waals surface area (Å²) >= 11 is 9.48. The van der Waals surface area contributed by atoms with Gasteiger partial charge in [0.15, 0.2) is 0 Å². The minimum Gasteiger partial charge on any atom is -0.324 e. The molecule has 0 amide bonds. The van der Waals surface area contributed by atoms with E-state index in [0.717, 1.165) is 38.7 Å². The normalized spacial score (nSPS) is 12.7. The van der Waals surface area contributed by atoms with Crippen LogP contribution in [-0.4, -0.2) is 9.78 Å². The summed E-state index contributed by atoms with van der Waals surface area (Å²) in [5.74, 6) is 0. The van der Waals surface area contributed by atoms with E-state index >= 15 is 0 Å². The van der Waals surface area contributed by atoms with Crippen LogP contribution in [0.1, 0.15) is 29.9 Å². The molecular formula is C14H16Br2IN3. The summed E-state index contributed by atoms with van der Waals surface area (Å²) in [4.78, 5) is 0. The van der Waals surface area contributed by atoms with E-state index in [-0.39, 0.29) is 6.04 Å². The van der Waals surface area contributed by atoms with Gasteiger partial charge in [-0.05, 0) is 68.7 Å². The van der Waals surface area contributed by atoms with E-state index in [9.17, 15) is 0 Å². The van der Waals surface area contributed by atoms with E-state index in [1.54, 1.807) is 0 Å². The molecule has 3 nitrogen and oxygen atoms in total. The maximum absolute atomic E-state index is 6.40. The van der Waals surface area contributed by atoms with Gasteiger partial charge in [0.25, 0.3) is 0 Å². The van der Waals surface area contributed by atoms with Crippen LogP contribution < -0.4 is 5.73 Å². The second-order valence-corrected chi connectivity index (χ2v) is 7.53. The quantitative estimate of drug-likeness (QED) is 0.619. The Balaban J connectivity index is 2.30. The van der Waals surface area contributed by atoms with Gasteiger partial charge in [-0.15, -0.1) is 0 Å². The Labute approximate surface area is 149 Å². The number of hydrogen-bond acceptors (Lipinski definition) is 2. The molecule has 2 N–H and O–H groups in total. The molecule has 0 saturated heterocycles. The minimum absolute atomic E-state index is 0.0455. The van der Waals surface area contributed by atoms with Crippen LogP contribution in [0.25, 0.3) is 0 Å². The molecule has 0 radical (unpaired) electrons. The first kappa shape index (κ1) is 16.5. The molecule has 2 aromatic rings. The van der Waals surface area contributed by atoms with E-state index in [4.69, 9.17) is 5.73 Å². The van der Waals surface area contributed by atoms with Crippen molar-refractivity contribution in [3.63, 3.8) is 0 Å². The lowest BCUT2D eigenvalue weighted by Gasteiger charge is -2.15. The third-order valence-electron chi connectivity index (χ3n) is 3.27. The Bertz CT molecular complexity index is 625. The van der Waals surface area contributed by atoms with Gasteiger partial charge in [-0.25, -0.2) is 0 Å². The Morgan fingerprint density at radius 2 is 2.10 bits per heavy atom. The van der Waals surface area contributed by atoms with E-state index < -0.39 is 0 Å². The van der Waals surface area contributed by atoms with Gasteiger partial charge in [-0.3, -0.25) is 4.68 Å². The lowest BCUT2D eigenvalue weighted by atomic mass is 10.0. The zero-order valence-electron chi connectivity index (χ0n) is 11.3. The number of aromatic nitrogens is 2. The Kier molecular flexibility index (Phi) is 5.67. The lowest BCUT2D eigenvalue weighted by Crippen LogP contribution is -2.17. The van der Waals surface area contributed by atoms with Crippen molar-refractivity contribution >= 4 is 54.5 Å². The highest BCUT2D eigenvalue weighted by atomic mass is 127. The molecule has 1 heterocycles. The molecule has 2 rings (SSSR count). The summed E-state index contributed by atoms with van der Waals surface area (Å²) in [6.45, 7) is 2.11. The molecule has 6 heteroatoms. The van der Waals surface area contributed by atoms with Crippen LogP contribution in [0.15, 0.2) is 27.1 Å². The van der Waals surface area contributed by atoms with Gasteiger partial charge in [-0.2, -0.15) is 5.10 Å². The number of benzene rings is 1. The topological polar surface area (TPSA) is 43.8 Å². The number of nitrogens with two attached hydrogens (primary N) is 1. The van der Waals surface area contributed by atoms with Gasteiger partial charge in [-0.1, -0.05) is 22.9 Å². The van der Waals surface area contributed by atoms with E-state index in [1.165, 1.54) is 3.57 Å². The second kappa shape index (κ2) is 6.89. The summed E-state index contributed by atoms with van der Waals surface area (Å²) in [5.41, 5.74) is 9.78. The highest BCUT2D eigenvalue weighted by Crippen LogP contribution is 2.29. The maximum atomic E-state index is 6.40. The fourth-order valence-corrected chi connectivity index (χ4v) is 4.05. The lowest BCUT2D eigenvalue weighted by molar-refractivity contribution is 0.635. The SMILES string of the molecule is CCc1nn(C)c(CC(N)c2cc(Br)ccc2I)c1Br. The van der Waals surface area contributed by atoms with Gasteiger partial charge in [0.05, 0.1) is 15.9 Å². The van der Waals surface area contributed by atoms with Crippen molar-refractivity contribution in [2.45, 2.75) is 25.8 Å². The first-order valence-corrected chi connectivity index (χ1v) is 9.01. The molecule has 0 fully saturated rings. The number of aryl methyl sites for hydroxylation is 2. The summed E-state index contributed by atoms with van der Waals surface area (Å²) < 4.78 is 5.25. The molecule has 0 aliphatic heterocycles. The van der Waals surface area contributed by atoms with E-state index in [1.807, 2.05) is 17.8 Å². The number of hydrogen-bond donors (Lipinski definition) is 1. The average molecular weight is 513 g/mol. The van der Waals surface area contributed by atoms with Gasteiger partial charge < -0.3 is 5.73 Å². The van der Waals surface area contributed by atoms with Crippen LogP contribution in [-0.2, 0) is 19.9 Å². The monoisotopic (exact) mass is 511 g/mol. The molecule has 1 aromatic heterocycles. The van der Waals surface area contributed by atoms with Gasteiger partial charge in [0.2, 0.25) is 0 Å². The minimum atomic E-state index is -0.0455. The molecule has 20 heavy (non-hydrogen) atoms. The molecule has 0 spiro atoms. The van der Waals surface area contributed by atoms with Crippen LogP contribution in [0.3, 0.4) is 0 Å². The molecule has 0 bridgehead atoms. The zero-order chi connectivity index (χ0) is 14.9. The van der Waals surface area contributed by atoms with Gasteiger partial charge >= 0.3 is 0 Å². The predicted octanol–water partition coefficient (Wildman–Crippen LogP) is 4.35. The summed E-state index contributed by atoms with van der Waals surface area (Å²) in [6.07, 6.45) is 1.68. The van der Waals surface area contributed by atoms with Crippen molar-refractivity contribution in [1.29, 1.82) is 0 Å². The third-order valence-corrected chi connectivity index (χ3v) is 5.66. The smallest absolute Gasteiger partial charge is 0.0766 e. The van der Waals surface area contributed by atoms with E-state index in [2.05, 4.69) is 78.6 Å². The molecule has 0 aliphatic carbocycles. The van der Waals surface area contributed by atoms with Crippen LogP contribution in [0.5, 0.6) is 0 Å². The summed E-state index contributed by atoms with van der Waals surface area (Å²) in [7, 11) is 1.97. The highest BCUT2D eigenvalue weighted by Gasteiger charge is 2.18. The Morgan fingerprint density at radius 1 is 1.40 bits per heavy atom. The maximum Gasteiger partial charge on any atom is 0.0766 e. The number of halogens is 3. The fraction of sp³-hybridized carbons (Fsp3) is 0.357. The summed E-state index contributed by atoms with van der Waals surface area (Å²) in [5, 5.41) is 4.52. The predicted molar refractivity (Wildman–Crippen MR) is 97.8 cm³/mol. The van der Waals surface area contributed by atoms with Crippen molar-refractivity contribution in [2.24, 2.45) is 12.8 Å². The standard InChI is InChI=1S/C14H16Br2IN3/c1-3-12-14(16)13(20(2)19-12)7-11(18)9-6-8(15)4-5-10(9)17/h4-6,11H,3,7,18H2,1-2H3. The first-order valence-electron chi connectivity index (χ1n) is 6.34. The van der Waals surface area contributed by atoms with Crippen molar-refractivity contribution in [3.05, 3.63) is 47.7 Å². The van der Waals surface area contributed by atoms with Crippen LogP contribution in [0, 0.1) is 3.57 Å². The zero-order valence-corrected chi connectivity index (χ0v) is 16.7.